The third-order valence-corrected chi connectivity index (χ3v) is 3.37. The van der Waals surface area contributed by atoms with Gasteiger partial charge < -0.3 is 16.2 Å². The molecule has 0 aromatic carbocycles. The summed E-state index contributed by atoms with van der Waals surface area (Å²) in [4.78, 5) is 22.1. The molecule has 0 spiro atoms. The summed E-state index contributed by atoms with van der Waals surface area (Å²) < 4.78 is 0. The van der Waals surface area contributed by atoms with E-state index in [1.807, 2.05) is 6.92 Å². The van der Waals surface area contributed by atoms with Crippen LogP contribution in [0.4, 0.5) is 0 Å². The number of carbonyl (C=O) groups excluding carboxylic acids is 1. The van der Waals surface area contributed by atoms with Crippen LogP contribution in [0.2, 0.25) is 0 Å². The number of rotatable bonds is 11. The minimum absolute atomic E-state index is 0.0430. The first-order chi connectivity index (χ1) is 8.99. The second-order valence-corrected chi connectivity index (χ2v) is 5.14. The molecular formula is C14H28N2O3. The Morgan fingerprint density at radius 2 is 1.89 bits per heavy atom. The number of hydrogen-bond acceptors (Lipinski definition) is 3. The van der Waals surface area contributed by atoms with Gasteiger partial charge in [-0.1, -0.05) is 13.3 Å². The topological polar surface area (TPSA) is 92.4 Å². The van der Waals surface area contributed by atoms with Gasteiger partial charge in [-0.25, -0.2) is 0 Å². The zero-order valence-corrected chi connectivity index (χ0v) is 12.2. The van der Waals surface area contributed by atoms with Gasteiger partial charge >= 0.3 is 5.97 Å². The maximum Gasteiger partial charge on any atom is 0.303 e. The summed E-state index contributed by atoms with van der Waals surface area (Å²) in [7, 11) is 0. The Bertz CT molecular complexity index is 269. The van der Waals surface area contributed by atoms with Crippen LogP contribution in [0, 0.1) is 5.92 Å². The van der Waals surface area contributed by atoms with Crippen molar-refractivity contribution in [2.24, 2.45) is 11.7 Å². The molecule has 2 unspecified atom stereocenters. The summed E-state index contributed by atoms with van der Waals surface area (Å²) >= 11 is 0. The predicted molar refractivity (Wildman–Crippen MR) is 75.8 cm³/mol. The van der Waals surface area contributed by atoms with Gasteiger partial charge in [0.05, 0.1) is 0 Å². The zero-order valence-electron chi connectivity index (χ0n) is 12.2. The Labute approximate surface area is 115 Å². The van der Waals surface area contributed by atoms with Crippen molar-refractivity contribution in [3.05, 3.63) is 0 Å². The van der Waals surface area contributed by atoms with Crippen molar-refractivity contribution < 1.29 is 14.7 Å². The van der Waals surface area contributed by atoms with E-state index in [9.17, 15) is 9.59 Å². The van der Waals surface area contributed by atoms with Crippen LogP contribution in [-0.4, -0.2) is 29.6 Å². The van der Waals surface area contributed by atoms with Gasteiger partial charge in [-0.2, -0.15) is 0 Å². The number of nitrogens with one attached hydrogen (secondary N) is 1. The van der Waals surface area contributed by atoms with Gasteiger partial charge in [0.1, 0.15) is 0 Å². The van der Waals surface area contributed by atoms with Crippen molar-refractivity contribution in [1.29, 1.82) is 0 Å². The molecule has 2 atom stereocenters. The summed E-state index contributed by atoms with van der Waals surface area (Å²) in [5, 5.41) is 11.4. The molecule has 0 radical (unpaired) electrons. The van der Waals surface area contributed by atoms with E-state index in [2.05, 4.69) is 12.2 Å². The number of amides is 1. The highest BCUT2D eigenvalue weighted by molar-refractivity contribution is 5.76. The smallest absolute Gasteiger partial charge is 0.303 e. The average Bonchev–Trinajstić information content (AvgIpc) is 2.33. The van der Waals surface area contributed by atoms with Gasteiger partial charge in [0, 0.05) is 18.9 Å². The predicted octanol–water partition coefficient (Wildman–Crippen LogP) is 1.90. The molecule has 0 heterocycles. The average molecular weight is 272 g/mol. The molecule has 112 valence electrons. The maximum atomic E-state index is 11.7. The van der Waals surface area contributed by atoms with Crippen LogP contribution in [-0.2, 0) is 9.59 Å². The van der Waals surface area contributed by atoms with Crippen LogP contribution in [0.1, 0.15) is 58.8 Å². The molecule has 4 N–H and O–H groups in total. The molecule has 0 aliphatic carbocycles. The standard InChI is InChI=1S/C14H28N2O3/c1-3-12(9-10-15)7-8-13(17)16-11(2)5-4-6-14(18)19/h11-12H,3-10,15H2,1-2H3,(H,16,17)(H,18,19). The molecule has 19 heavy (non-hydrogen) atoms. The normalized spacial score (nSPS) is 13.8. The summed E-state index contributed by atoms with van der Waals surface area (Å²) in [6.07, 6.45) is 4.90. The Balaban J connectivity index is 3.74. The van der Waals surface area contributed by atoms with Crippen molar-refractivity contribution in [2.75, 3.05) is 6.54 Å². The van der Waals surface area contributed by atoms with Crippen LogP contribution < -0.4 is 11.1 Å². The van der Waals surface area contributed by atoms with Gasteiger partial charge in [-0.15, -0.1) is 0 Å². The summed E-state index contributed by atoms with van der Waals surface area (Å²) in [6, 6.07) is 0.0430. The largest absolute Gasteiger partial charge is 0.481 e. The fraction of sp³-hybridized carbons (Fsp3) is 0.857. The summed E-state index contributed by atoms with van der Waals surface area (Å²) in [5.74, 6) is -0.206. The van der Waals surface area contributed by atoms with Crippen LogP contribution in [0.25, 0.3) is 0 Å². The molecule has 5 heteroatoms. The molecule has 0 aromatic heterocycles. The number of carboxylic acids is 1. The van der Waals surface area contributed by atoms with E-state index < -0.39 is 5.97 Å². The van der Waals surface area contributed by atoms with Gasteiger partial charge in [0.2, 0.25) is 5.91 Å². The molecule has 1 amide bonds. The number of carbonyl (C=O) groups is 2. The Morgan fingerprint density at radius 3 is 2.42 bits per heavy atom. The highest BCUT2D eigenvalue weighted by Crippen LogP contribution is 2.14. The molecule has 0 aliphatic heterocycles. The fourth-order valence-electron chi connectivity index (χ4n) is 2.10. The lowest BCUT2D eigenvalue weighted by Gasteiger charge is -2.16. The number of hydrogen-bond donors (Lipinski definition) is 3. The van der Waals surface area contributed by atoms with Crippen molar-refractivity contribution >= 4 is 11.9 Å². The lowest BCUT2D eigenvalue weighted by atomic mass is 9.96. The molecule has 0 saturated heterocycles. The van der Waals surface area contributed by atoms with Crippen molar-refractivity contribution in [3.8, 4) is 0 Å². The van der Waals surface area contributed by atoms with E-state index in [1.54, 1.807) is 0 Å². The SMILES string of the molecule is CCC(CCN)CCC(=O)NC(C)CCCC(=O)O. The van der Waals surface area contributed by atoms with Crippen molar-refractivity contribution in [2.45, 2.75) is 64.8 Å². The van der Waals surface area contributed by atoms with Crippen LogP contribution in [0.5, 0.6) is 0 Å². The molecule has 0 aromatic rings. The van der Waals surface area contributed by atoms with E-state index in [-0.39, 0.29) is 18.4 Å². The molecule has 0 saturated carbocycles. The first kappa shape index (κ1) is 17.9. The quantitative estimate of drug-likeness (QED) is 0.535. The van der Waals surface area contributed by atoms with E-state index in [4.69, 9.17) is 10.8 Å². The van der Waals surface area contributed by atoms with Gasteiger partial charge in [0.15, 0.2) is 0 Å². The second kappa shape index (κ2) is 10.8. The van der Waals surface area contributed by atoms with Crippen LogP contribution in [0.15, 0.2) is 0 Å². The van der Waals surface area contributed by atoms with E-state index in [0.717, 1.165) is 19.3 Å². The Kier molecular flexibility index (Phi) is 10.2. The Hall–Kier alpha value is -1.10. The number of nitrogens with two attached hydrogens (primary N) is 1. The minimum atomic E-state index is -0.786. The summed E-state index contributed by atoms with van der Waals surface area (Å²) in [5.41, 5.74) is 5.52. The monoisotopic (exact) mass is 272 g/mol. The van der Waals surface area contributed by atoms with Crippen molar-refractivity contribution in [1.82, 2.24) is 5.32 Å². The lowest BCUT2D eigenvalue weighted by Crippen LogP contribution is -2.32. The lowest BCUT2D eigenvalue weighted by molar-refractivity contribution is -0.137. The molecule has 0 aliphatic rings. The summed E-state index contributed by atoms with van der Waals surface area (Å²) in [6.45, 7) is 4.70. The third kappa shape index (κ3) is 10.5. The van der Waals surface area contributed by atoms with Gasteiger partial charge in [-0.3, -0.25) is 9.59 Å². The highest BCUT2D eigenvalue weighted by atomic mass is 16.4. The first-order valence-corrected chi connectivity index (χ1v) is 7.20. The molecule has 5 nitrogen and oxygen atoms in total. The van der Waals surface area contributed by atoms with Crippen LogP contribution in [0.3, 0.4) is 0 Å². The molecule has 0 rings (SSSR count). The first-order valence-electron chi connectivity index (χ1n) is 7.20. The Morgan fingerprint density at radius 1 is 1.21 bits per heavy atom. The van der Waals surface area contributed by atoms with E-state index >= 15 is 0 Å². The highest BCUT2D eigenvalue weighted by Gasteiger charge is 2.11. The second-order valence-electron chi connectivity index (χ2n) is 5.14. The minimum Gasteiger partial charge on any atom is -0.481 e. The zero-order chi connectivity index (χ0) is 14.7. The van der Waals surface area contributed by atoms with Gasteiger partial charge in [0.25, 0.3) is 0 Å². The number of carboxylic acid groups (broad SMARTS) is 1. The van der Waals surface area contributed by atoms with Gasteiger partial charge in [-0.05, 0) is 45.1 Å². The van der Waals surface area contributed by atoms with E-state index in [0.29, 0.717) is 31.7 Å². The van der Waals surface area contributed by atoms with Crippen LogP contribution >= 0.6 is 0 Å². The molecule has 0 fully saturated rings. The fourth-order valence-corrected chi connectivity index (χ4v) is 2.10. The van der Waals surface area contributed by atoms with Crippen molar-refractivity contribution in [3.63, 3.8) is 0 Å². The maximum absolute atomic E-state index is 11.7. The van der Waals surface area contributed by atoms with E-state index in [1.165, 1.54) is 0 Å². The molecule has 0 bridgehead atoms. The number of aliphatic carboxylic acids is 1. The third-order valence-electron chi connectivity index (χ3n) is 3.37. The molecular weight excluding hydrogens is 244 g/mol.